The molecule has 2 saturated heterocycles. The van der Waals surface area contributed by atoms with Crippen molar-refractivity contribution in [3.63, 3.8) is 0 Å². The van der Waals surface area contributed by atoms with Gasteiger partial charge in [0.05, 0.1) is 23.7 Å². The van der Waals surface area contributed by atoms with Crippen molar-refractivity contribution in [2.75, 3.05) is 6.54 Å². The van der Waals surface area contributed by atoms with Gasteiger partial charge in [-0.1, -0.05) is 43.2 Å². The van der Waals surface area contributed by atoms with Gasteiger partial charge in [0.2, 0.25) is 5.91 Å². The predicted octanol–water partition coefficient (Wildman–Crippen LogP) is 2.89. The molecule has 1 saturated carbocycles. The molecule has 4 heteroatoms. The second kappa shape index (κ2) is 6.49. The maximum atomic E-state index is 13.2. The summed E-state index contributed by atoms with van der Waals surface area (Å²) in [5, 5.41) is 10.8. The van der Waals surface area contributed by atoms with Crippen LogP contribution in [0.2, 0.25) is 0 Å². The van der Waals surface area contributed by atoms with Crippen LogP contribution in [0.3, 0.4) is 0 Å². The molecule has 4 nitrogen and oxygen atoms in total. The lowest BCUT2D eigenvalue weighted by Crippen LogP contribution is -2.47. The van der Waals surface area contributed by atoms with Crippen molar-refractivity contribution in [1.82, 2.24) is 4.90 Å². The van der Waals surface area contributed by atoms with E-state index < -0.39 is 5.60 Å². The van der Waals surface area contributed by atoms with Gasteiger partial charge in [-0.05, 0) is 37.7 Å². The topological polar surface area (TPSA) is 49.8 Å². The van der Waals surface area contributed by atoms with E-state index in [9.17, 15) is 9.90 Å². The summed E-state index contributed by atoms with van der Waals surface area (Å²) in [5.41, 5.74) is 0.416. The van der Waals surface area contributed by atoms with E-state index in [1.54, 1.807) is 0 Å². The first-order valence-electron chi connectivity index (χ1n) is 9.34. The number of benzene rings is 1. The molecule has 2 bridgehead atoms. The minimum atomic E-state index is -0.705. The monoisotopic (exact) mass is 329 g/mol. The maximum absolute atomic E-state index is 13.2. The number of hydrogen-bond donors (Lipinski definition) is 1. The van der Waals surface area contributed by atoms with Crippen LogP contribution >= 0.6 is 0 Å². The van der Waals surface area contributed by atoms with Crippen molar-refractivity contribution in [3.8, 4) is 0 Å². The molecule has 1 N–H and O–H groups in total. The first kappa shape index (κ1) is 16.1. The third-order valence-electron chi connectivity index (χ3n) is 5.97. The van der Waals surface area contributed by atoms with Crippen molar-refractivity contribution >= 4 is 5.91 Å². The standard InChI is InChI=1S/C20H27NO3/c22-19(17-12-16-8-9-18(17)24-16)21(13-15-6-2-1-3-7-15)14-20(23)10-4-5-11-20/h1-3,6-7,16-18,23H,4-5,8-14H2/t16-,17+,18-/m1/s1. The quantitative estimate of drug-likeness (QED) is 0.904. The normalized spacial score (nSPS) is 30.6. The molecule has 24 heavy (non-hydrogen) atoms. The molecular weight excluding hydrogens is 302 g/mol. The number of fused-ring (bicyclic) bond motifs is 2. The highest BCUT2D eigenvalue weighted by molar-refractivity contribution is 5.80. The average molecular weight is 329 g/mol. The van der Waals surface area contributed by atoms with Crippen LogP contribution in [0.4, 0.5) is 0 Å². The Labute approximate surface area is 143 Å². The largest absolute Gasteiger partial charge is 0.388 e. The molecule has 0 radical (unpaired) electrons. The summed E-state index contributed by atoms with van der Waals surface area (Å²) in [6.45, 7) is 1.03. The zero-order chi connectivity index (χ0) is 16.6. The van der Waals surface area contributed by atoms with Crippen molar-refractivity contribution in [2.45, 2.75) is 69.3 Å². The van der Waals surface area contributed by atoms with Crippen LogP contribution < -0.4 is 0 Å². The van der Waals surface area contributed by atoms with Crippen molar-refractivity contribution < 1.29 is 14.6 Å². The second-order valence-electron chi connectivity index (χ2n) is 7.83. The van der Waals surface area contributed by atoms with E-state index in [1.165, 1.54) is 0 Å². The van der Waals surface area contributed by atoms with Gasteiger partial charge in [0.25, 0.3) is 0 Å². The zero-order valence-electron chi connectivity index (χ0n) is 14.2. The summed E-state index contributed by atoms with van der Waals surface area (Å²) in [6, 6.07) is 10.1. The Bertz CT molecular complexity index is 582. The van der Waals surface area contributed by atoms with Gasteiger partial charge in [-0.3, -0.25) is 4.79 Å². The molecule has 4 rings (SSSR count). The van der Waals surface area contributed by atoms with Crippen LogP contribution in [-0.4, -0.2) is 40.3 Å². The molecule has 1 aromatic rings. The summed E-state index contributed by atoms with van der Waals surface area (Å²) < 4.78 is 5.89. The molecule has 1 amide bonds. The molecule has 3 aliphatic rings. The lowest BCUT2D eigenvalue weighted by atomic mass is 9.87. The lowest BCUT2D eigenvalue weighted by molar-refractivity contribution is -0.141. The minimum absolute atomic E-state index is 0.0162. The van der Waals surface area contributed by atoms with E-state index in [0.717, 1.165) is 50.5 Å². The second-order valence-corrected chi connectivity index (χ2v) is 7.83. The summed E-state index contributed by atoms with van der Waals surface area (Å²) in [7, 11) is 0. The van der Waals surface area contributed by atoms with Crippen LogP contribution in [0.25, 0.3) is 0 Å². The molecule has 2 heterocycles. The molecule has 1 aromatic carbocycles. The predicted molar refractivity (Wildman–Crippen MR) is 91.3 cm³/mol. The van der Waals surface area contributed by atoms with Crippen molar-refractivity contribution in [2.24, 2.45) is 5.92 Å². The number of aliphatic hydroxyl groups is 1. The van der Waals surface area contributed by atoms with Gasteiger partial charge in [0.15, 0.2) is 0 Å². The first-order chi connectivity index (χ1) is 11.6. The van der Waals surface area contributed by atoms with Crippen LogP contribution in [0, 0.1) is 5.92 Å². The number of nitrogens with zero attached hydrogens (tertiary/aromatic N) is 1. The molecule has 0 unspecified atom stereocenters. The summed E-state index contributed by atoms with van der Waals surface area (Å²) >= 11 is 0. The van der Waals surface area contributed by atoms with E-state index in [4.69, 9.17) is 4.74 Å². The van der Waals surface area contributed by atoms with Crippen LogP contribution in [0.5, 0.6) is 0 Å². The Balaban J connectivity index is 1.51. The van der Waals surface area contributed by atoms with Crippen LogP contribution in [-0.2, 0) is 16.1 Å². The molecule has 0 spiro atoms. The highest BCUT2D eigenvalue weighted by atomic mass is 16.5. The van der Waals surface area contributed by atoms with Crippen LogP contribution in [0.1, 0.15) is 50.5 Å². The maximum Gasteiger partial charge on any atom is 0.228 e. The number of ether oxygens (including phenoxy) is 1. The highest BCUT2D eigenvalue weighted by Gasteiger charge is 2.46. The molecule has 3 fully saturated rings. The molecule has 130 valence electrons. The third kappa shape index (κ3) is 3.22. The van der Waals surface area contributed by atoms with Gasteiger partial charge in [-0.2, -0.15) is 0 Å². The fraction of sp³-hybridized carbons (Fsp3) is 0.650. The van der Waals surface area contributed by atoms with Gasteiger partial charge in [-0.15, -0.1) is 0 Å². The van der Waals surface area contributed by atoms with Gasteiger partial charge in [0.1, 0.15) is 0 Å². The molecule has 2 aliphatic heterocycles. The van der Waals surface area contributed by atoms with Gasteiger partial charge in [0, 0.05) is 13.1 Å². The van der Waals surface area contributed by atoms with Gasteiger partial charge < -0.3 is 14.7 Å². The lowest BCUT2D eigenvalue weighted by Gasteiger charge is -2.34. The van der Waals surface area contributed by atoms with Crippen molar-refractivity contribution in [3.05, 3.63) is 35.9 Å². The van der Waals surface area contributed by atoms with E-state index >= 15 is 0 Å². The molecular formula is C20H27NO3. The molecule has 0 aromatic heterocycles. The Kier molecular flexibility index (Phi) is 4.35. The number of carbonyl (C=O) groups excluding carboxylic acids is 1. The highest BCUT2D eigenvalue weighted by Crippen LogP contribution is 2.40. The Morgan fingerprint density at radius 1 is 1.21 bits per heavy atom. The summed E-state index contributed by atoms with van der Waals surface area (Å²) in [5.74, 6) is 0.156. The minimum Gasteiger partial charge on any atom is -0.388 e. The van der Waals surface area contributed by atoms with Crippen molar-refractivity contribution in [1.29, 1.82) is 0 Å². The fourth-order valence-corrected chi connectivity index (χ4v) is 4.69. The number of carbonyl (C=O) groups is 1. The Hall–Kier alpha value is -1.39. The molecule has 3 atom stereocenters. The number of hydrogen-bond acceptors (Lipinski definition) is 3. The van der Waals surface area contributed by atoms with E-state index in [1.807, 2.05) is 23.1 Å². The van der Waals surface area contributed by atoms with Crippen LogP contribution in [0.15, 0.2) is 30.3 Å². The third-order valence-corrected chi connectivity index (χ3v) is 5.97. The average Bonchev–Trinajstić information content (AvgIpc) is 3.31. The smallest absolute Gasteiger partial charge is 0.228 e. The summed E-state index contributed by atoms with van der Waals surface area (Å²) in [6.07, 6.45) is 7.05. The Morgan fingerprint density at radius 3 is 2.58 bits per heavy atom. The number of amides is 1. The molecule has 1 aliphatic carbocycles. The number of rotatable bonds is 5. The van der Waals surface area contributed by atoms with E-state index in [2.05, 4.69) is 12.1 Å². The van der Waals surface area contributed by atoms with E-state index in [-0.39, 0.29) is 24.0 Å². The SMILES string of the molecule is O=C([C@H]1C[C@H]2CC[C@H]1O2)N(Cc1ccccc1)CC1(O)CCCC1. The zero-order valence-corrected chi connectivity index (χ0v) is 14.2. The van der Waals surface area contributed by atoms with Gasteiger partial charge >= 0.3 is 0 Å². The first-order valence-corrected chi connectivity index (χ1v) is 9.34. The Morgan fingerprint density at radius 2 is 1.96 bits per heavy atom. The summed E-state index contributed by atoms with van der Waals surface area (Å²) in [4.78, 5) is 15.1. The van der Waals surface area contributed by atoms with E-state index in [0.29, 0.717) is 13.1 Å². The fourth-order valence-electron chi connectivity index (χ4n) is 4.69. The van der Waals surface area contributed by atoms with Gasteiger partial charge in [-0.25, -0.2) is 0 Å².